The van der Waals surface area contributed by atoms with E-state index in [1.807, 2.05) is 12.3 Å². The number of hydrogen-bond donors (Lipinski definition) is 2. The summed E-state index contributed by atoms with van der Waals surface area (Å²) in [5.41, 5.74) is 9.97. The summed E-state index contributed by atoms with van der Waals surface area (Å²) in [5.74, 6) is 0.350. The summed E-state index contributed by atoms with van der Waals surface area (Å²) < 4.78 is 0. The van der Waals surface area contributed by atoms with Crippen LogP contribution in [-0.2, 0) is 10.3 Å². The van der Waals surface area contributed by atoms with Crippen LogP contribution in [-0.4, -0.2) is 23.6 Å². The zero-order valence-electron chi connectivity index (χ0n) is 11.3. The van der Waals surface area contributed by atoms with Gasteiger partial charge in [-0.1, -0.05) is 31.1 Å². The minimum Gasteiger partial charge on any atom is -0.393 e. The van der Waals surface area contributed by atoms with Crippen molar-refractivity contribution in [2.75, 3.05) is 13.7 Å². The number of nitrogens with zero attached hydrogens (tertiary/aromatic N) is 1. The van der Waals surface area contributed by atoms with E-state index in [1.165, 1.54) is 6.42 Å². The van der Waals surface area contributed by atoms with Crippen molar-refractivity contribution in [3.63, 3.8) is 0 Å². The normalized spacial score (nSPS) is 27.1. The molecule has 2 rings (SSSR count). The molecular formula is C14H21N3OS. The standard InChI is InChI=1S/C14H21N3OS/c1-18-17-10-12-5-2-3-7-14(12,13(15)19)11-6-4-8-16-9-11/h4,6,8-9,12,17H,2-3,5,7,10H2,1H3,(H2,15,19). The third-order valence-corrected chi connectivity index (χ3v) is 4.53. The Morgan fingerprint density at radius 1 is 1.63 bits per heavy atom. The van der Waals surface area contributed by atoms with Crippen molar-refractivity contribution >= 4 is 17.2 Å². The number of pyridine rings is 1. The second-order valence-electron chi connectivity index (χ2n) is 5.07. The van der Waals surface area contributed by atoms with Crippen LogP contribution >= 0.6 is 12.2 Å². The van der Waals surface area contributed by atoms with E-state index in [4.69, 9.17) is 22.8 Å². The first-order valence-corrected chi connectivity index (χ1v) is 7.09. The highest BCUT2D eigenvalue weighted by Crippen LogP contribution is 2.43. The van der Waals surface area contributed by atoms with Crippen molar-refractivity contribution < 1.29 is 4.84 Å². The van der Waals surface area contributed by atoms with Gasteiger partial charge in [-0.15, -0.1) is 0 Å². The van der Waals surface area contributed by atoms with Crippen molar-refractivity contribution in [1.82, 2.24) is 10.5 Å². The average molecular weight is 279 g/mol. The van der Waals surface area contributed by atoms with Crippen molar-refractivity contribution in [2.45, 2.75) is 31.1 Å². The third kappa shape index (κ3) is 2.78. The Bertz CT molecular complexity index is 426. The molecule has 0 aromatic carbocycles. The third-order valence-electron chi connectivity index (χ3n) is 4.16. The van der Waals surface area contributed by atoms with Crippen LogP contribution in [0.25, 0.3) is 0 Å². The number of hydroxylamine groups is 1. The van der Waals surface area contributed by atoms with Gasteiger partial charge in [0.25, 0.3) is 0 Å². The molecule has 2 unspecified atom stereocenters. The predicted molar refractivity (Wildman–Crippen MR) is 79.7 cm³/mol. The molecular weight excluding hydrogens is 258 g/mol. The van der Waals surface area contributed by atoms with Crippen LogP contribution in [0, 0.1) is 5.92 Å². The summed E-state index contributed by atoms with van der Waals surface area (Å²) in [6.07, 6.45) is 8.12. The lowest BCUT2D eigenvalue weighted by Crippen LogP contribution is -2.51. The van der Waals surface area contributed by atoms with E-state index in [2.05, 4.69) is 16.5 Å². The summed E-state index contributed by atoms with van der Waals surface area (Å²) in [6.45, 7) is 0.753. The Balaban J connectivity index is 2.37. The molecule has 0 bridgehead atoms. The molecule has 2 atom stereocenters. The molecule has 0 saturated heterocycles. The van der Waals surface area contributed by atoms with Gasteiger partial charge in [-0.2, -0.15) is 0 Å². The first-order valence-electron chi connectivity index (χ1n) is 6.68. The second kappa shape index (κ2) is 6.41. The van der Waals surface area contributed by atoms with Gasteiger partial charge in [-0.05, 0) is 30.4 Å². The van der Waals surface area contributed by atoms with Crippen LogP contribution in [0.15, 0.2) is 24.5 Å². The predicted octanol–water partition coefficient (Wildman–Crippen LogP) is 1.95. The van der Waals surface area contributed by atoms with Crippen LogP contribution in [0.3, 0.4) is 0 Å². The Morgan fingerprint density at radius 2 is 2.47 bits per heavy atom. The average Bonchev–Trinajstić information content (AvgIpc) is 2.46. The van der Waals surface area contributed by atoms with E-state index < -0.39 is 0 Å². The smallest absolute Gasteiger partial charge is 0.0838 e. The fourth-order valence-electron chi connectivity index (χ4n) is 3.18. The highest BCUT2D eigenvalue weighted by molar-refractivity contribution is 7.80. The molecule has 3 N–H and O–H groups in total. The summed E-state index contributed by atoms with van der Waals surface area (Å²) >= 11 is 5.42. The van der Waals surface area contributed by atoms with Crippen LogP contribution < -0.4 is 11.2 Å². The van der Waals surface area contributed by atoms with Gasteiger partial charge in [0.2, 0.25) is 0 Å². The number of aromatic nitrogens is 1. The van der Waals surface area contributed by atoms with Crippen molar-refractivity contribution in [2.24, 2.45) is 11.7 Å². The van der Waals surface area contributed by atoms with Gasteiger partial charge in [-0.3, -0.25) is 4.98 Å². The summed E-state index contributed by atoms with van der Waals surface area (Å²) in [5, 5.41) is 0. The Morgan fingerprint density at radius 3 is 3.11 bits per heavy atom. The van der Waals surface area contributed by atoms with E-state index in [0.717, 1.165) is 31.4 Å². The molecule has 1 aromatic heterocycles. The van der Waals surface area contributed by atoms with E-state index in [-0.39, 0.29) is 5.41 Å². The molecule has 1 aromatic rings. The quantitative estimate of drug-likeness (QED) is 0.637. The van der Waals surface area contributed by atoms with Gasteiger partial charge < -0.3 is 10.6 Å². The lowest BCUT2D eigenvalue weighted by atomic mass is 9.62. The van der Waals surface area contributed by atoms with Crippen LogP contribution in [0.4, 0.5) is 0 Å². The molecule has 0 aliphatic heterocycles. The van der Waals surface area contributed by atoms with Crippen molar-refractivity contribution in [3.8, 4) is 0 Å². The van der Waals surface area contributed by atoms with E-state index >= 15 is 0 Å². The van der Waals surface area contributed by atoms with E-state index in [0.29, 0.717) is 10.9 Å². The maximum absolute atomic E-state index is 6.13. The molecule has 1 aliphatic rings. The molecule has 0 amide bonds. The second-order valence-corrected chi connectivity index (χ2v) is 5.51. The Labute approximate surface area is 119 Å². The molecule has 5 heteroatoms. The summed E-state index contributed by atoms with van der Waals surface area (Å²) in [7, 11) is 1.63. The van der Waals surface area contributed by atoms with Gasteiger partial charge in [-0.25, -0.2) is 5.48 Å². The Kier molecular flexibility index (Phi) is 4.85. The van der Waals surface area contributed by atoms with E-state index in [9.17, 15) is 0 Å². The number of thiocarbonyl (C=S) groups is 1. The fourth-order valence-corrected chi connectivity index (χ4v) is 3.57. The van der Waals surface area contributed by atoms with Crippen molar-refractivity contribution in [1.29, 1.82) is 0 Å². The lowest BCUT2D eigenvalue weighted by molar-refractivity contribution is 0.0646. The van der Waals surface area contributed by atoms with Crippen LogP contribution in [0.5, 0.6) is 0 Å². The molecule has 1 heterocycles. The highest BCUT2D eigenvalue weighted by Gasteiger charge is 2.44. The maximum Gasteiger partial charge on any atom is 0.0838 e. The largest absolute Gasteiger partial charge is 0.393 e. The van der Waals surface area contributed by atoms with Crippen LogP contribution in [0.1, 0.15) is 31.2 Å². The van der Waals surface area contributed by atoms with Gasteiger partial charge >= 0.3 is 0 Å². The minimum atomic E-state index is -0.257. The number of rotatable bonds is 5. The molecule has 1 aliphatic carbocycles. The Hall–Kier alpha value is -1.04. The number of hydrogen-bond acceptors (Lipinski definition) is 4. The minimum absolute atomic E-state index is 0.257. The molecule has 104 valence electrons. The summed E-state index contributed by atoms with van der Waals surface area (Å²) in [4.78, 5) is 9.81. The molecule has 0 radical (unpaired) electrons. The zero-order valence-corrected chi connectivity index (χ0v) is 12.1. The van der Waals surface area contributed by atoms with Gasteiger partial charge in [0, 0.05) is 18.9 Å². The summed E-state index contributed by atoms with van der Waals surface area (Å²) in [6, 6.07) is 4.03. The molecule has 1 saturated carbocycles. The maximum atomic E-state index is 6.13. The van der Waals surface area contributed by atoms with Gasteiger partial charge in [0.05, 0.1) is 17.5 Å². The SMILES string of the molecule is CONCC1CCCCC1(C(N)=S)c1cccnc1. The van der Waals surface area contributed by atoms with Crippen molar-refractivity contribution in [3.05, 3.63) is 30.1 Å². The zero-order chi connectivity index (χ0) is 13.7. The first-order chi connectivity index (χ1) is 9.21. The fraction of sp³-hybridized carbons (Fsp3) is 0.571. The van der Waals surface area contributed by atoms with Gasteiger partial charge in [0.15, 0.2) is 0 Å². The molecule has 4 nitrogen and oxygen atoms in total. The van der Waals surface area contributed by atoms with E-state index in [1.54, 1.807) is 13.3 Å². The molecule has 0 spiro atoms. The monoisotopic (exact) mass is 279 g/mol. The number of nitrogens with one attached hydrogen (secondary N) is 1. The van der Waals surface area contributed by atoms with Gasteiger partial charge in [0.1, 0.15) is 0 Å². The van der Waals surface area contributed by atoms with Crippen LogP contribution in [0.2, 0.25) is 0 Å². The highest BCUT2D eigenvalue weighted by atomic mass is 32.1. The number of nitrogens with two attached hydrogens (primary N) is 1. The lowest BCUT2D eigenvalue weighted by Gasteiger charge is -2.43. The first kappa shape index (κ1) is 14.4. The molecule has 19 heavy (non-hydrogen) atoms. The topological polar surface area (TPSA) is 60.2 Å². The molecule has 1 fully saturated rings.